The largest absolute Gasteiger partial charge is 0.361 e. The Morgan fingerprint density at radius 1 is 1.21 bits per heavy atom. The third kappa shape index (κ3) is 2.97. The highest BCUT2D eigenvalue weighted by atomic mass is 19.1. The van der Waals surface area contributed by atoms with Crippen LogP contribution < -0.4 is 0 Å². The minimum absolute atomic E-state index is 0.00417. The van der Waals surface area contributed by atoms with E-state index in [-0.39, 0.29) is 11.7 Å². The molecule has 0 aliphatic carbocycles. The average Bonchev–Trinajstić information content (AvgIpc) is 3.31. The Balaban J connectivity index is 1.35. The van der Waals surface area contributed by atoms with E-state index in [9.17, 15) is 9.18 Å². The van der Waals surface area contributed by atoms with Gasteiger partial charge in [0.2, 0.25) is 0 Å². The van der Waals surface area contributed by atoms with Crippen molar-refractivity contribution in [2.75, 3.05) is 13.1 Å². The van der Waals surface area contributed by atoms with Crippen LogP contribution in [0.5, 0.6) is 0 Å². The first-order chi connectivity index (χ1) is 14.0. The van der Waals surface area contributed by atoms with Crippen molar-refractivity contribution in [1.29, 1.82) is 0 Å². The Hall–Kier alpha value is -3.22. The smallest absolute Gasteiger partial charge is 0.257 e. The molecule has 1 N–H and O–H groups in total. The maximum Gasteiger partial charge on any atom is 0.257 e. The second kappa shape index (κ2) is 6.69. The van der Waals surface area contributed by atoms with E-state index in [4.69, 9.17) is 0 Å². The highest BCUT2D eigenvalue weighted by Gasteiger charge is 2.27. The summed E-state index contributed by atoms with van der Waals surface area (Å²) >= 11 is 0. The number of aromatic amines is 1. The number of carbonyl (C=O) groups excluding carboxylic acids is 1. The lowest BCUT2D eigenvalue weighted by Crippen LogP contribution is -2.38. The lowest BCUT2D eigenvalue weighted by Gasteiger charge is -2.32. The normalized spacial score (nSPS) is 15.5. The van der Waals surface area contributed by atoms with Crippen molar-refractivity contribution in [1.82, 2.24) is 24.5 Å². The summed E-state index contributed by atoms with van der Waals surface area (Å²) in [5.74, 6) is 0.123. The van der Waals surface area contributed by atoms with Crippen LogP contribution in [0.15, 0.2) is 36.7 Å². The number of amides is 1. The van der Waals surface area contributed by atoms with Crippen LogP contribution in [-0.2, 0) is 0 Å². The fourth-order valence-electron chi connectivity index (χ4n) is 4.40. The Bertz CT molecular complexity index is 1230. The van der Waals surface area contributed by atoms with Crippen molar-refractivity contribution in [2.24, 2.45) is 0 Å². The molecular formula is C22H22FN5O. The SMILES string of the molecule is Cc1cc2ncc(C(=O)N3CCC(c4c[nH]c5cc(F)ccc45)CC3)c(C)n2n1. The zero-order valence-electron chi connectivity index (χ0n) is 16.4. The molecule has 0 atom stereocenters. The lowest BCUT2D eigenvalue weighted by atomic mass is 9.89. The summed E-state index contributed by atoms with van der Waals surface area (Å²) in [5.41, 5.74) is 5.08. The van der Waals surface area contributed by atoms with E-state index in [1.165, 1.54) is 17.7 Å². The second-order valence-electron chi connectivity index (χ2n) is 7.81. The summed E-state index contributed by atoms with van der Waals surface area (Å²) in [6.45, 7) is 5.20. The highest BCUT2D eigenvalue weighted by molar-refractivity contribution is 5.95. The zero-order valence-corrected chi connectivity index (χ0v) is 16.4. The molecular weight excluding hydrogens is 369 g/mol. The van der Waals surface area contributed by atoms with Gasteiger partial charge in [-0.25, -0.2) is 13.9 Å². The molecule has 148 valence electrons. The van der Waals surface area contributed by atoms with E-state index in [0.717, 1.165) is 40.8 Å². The maximum absolute atomic E-state index is 13.4. The van der Waals surface area contributed by atoms with Crippen LogP contribution in [-0.4, -0.2) is 43.5 Å². The van der Waals surface area contributed by atoms with Crippen molar-refractivity contribution < 1.29 is 9.18 Å². The van der Waals surface area contributed by atoms with Crippen molar-refractivity contribution in [2.45, 2.75) is 32.6 Å². The topological polar surface area (TPSA) is 66.3 Å². The molecule has 7 heteroatoms. The van der Waals surface area contributed by atoms with Crippen molar-refractivity contribution in [3.63, 3.8) is 0 Å². The summed E-state index contributed by atoms with van der Waals surface area (Å²) in [6, 6.07) is 6.77. The van der Waals surface area contributed by atoms with Crippen LogP contribution in [0.1, 0.15) is 46.1 Å². The van der Waals surface area contributed by atoms with Gasteiger partial charge in [-0.3, -0.25) is 4.79 Å². The van der Waals surface area contributed by atoms with Crippen molar-refractivity contribution in [3.8, 4) is 0 Å². The number of likely N-dealkylation sites (tertiary alicyclic amines) is 1. The molecule has 1 amide bonds. The number of hydrogen-bond acceptors (Lipinski definition) is 3. The molecule has 1 aliphatic rings. The molecule has 3 aromatic heterocycles. The first-order valence-corrected chi connectivity index (χ1v) is 9.89. The molecule has 29 heavy (non-hydrogen) atoms. The fraction of sp³-hybridized carbons (Fsp3) is 0.318. The molecule has 0 bridgehead atoms. The van der Waals surface area contributed by atoms with Crippen molar-refractivity contribution >= 4 is 22.5 Å². The van der Waals surface area contributed by atoms with E-state index < -0.39 is 0 Å². The van der Waals surface area contributed by atoms with Gasteiger partial charge in [-0.15, -0.1) is 0 Å². The minimum Gasteiger partial charge on any atom is -0.361 e. The first-order valence-electron chi connectivity index (χ1n) is 9.89. The van der Waals surface area contributed by atoms with Crippen LogP contribution in [0.2, 0.25) is 0 Å². The third-order valence-electron chi connectivity index (χ3n) is 5.97. The van der Waals surface area contributed by atoms with E-state index in [0.29, 0.717) is 24.6 Å². The number of aryl methyl sites for hydroxylation is 2. The zero-order chi connectivity index (χ0) is 20.1. The third-order valence-corrected chi connectivity index (χ3v) is 5.97. The van der Waals surface area contributed by atoms with E-state index in [1.54, 1.807) is 10.7 Å². The molecule has 4 aromatic rings. The van der Waals surface area contributed by atoms with Gasteiger partial charge in [0.05, 0.1) is 17.0 Å². The standard InChI is InChI=1S/C22H22FN5O/c1-13-9-21-25-11-18(14(2)28(21)26-13)22(29)27-7-5-15(6-8-27)19-12-24-20-10-16(23)3-4-17(19)20/h3-4,9-12,15,24H,5-8H2,1-2H3. The Morgan fingerprint density at radius 3 is 2.79 bits per heavy atom. The monoisotopic (exact) mass is 391 g/mol. The number of fused-ring (bicyclic) bond motifs is 2. The number of nitrogens with zero attached hydrogens (tertiary/aromatic N) is 4. The van der Waals surface area contributed by atoms with Gasteiger partial charge in [0, 0.05) is 42.5 Å². The number of piperidine rings is 1. The molecule has 0 spiro atoms. The molecule has 6 nitrogen and oxygen atoms in total. The minimum atomic E-state index is -0.236. The average molecular weight is 391 g/mol. The molecule has 1 saturated heterocycles. The van der Waals surface area contributed by atoms with Gasteiger partial charge < -0.3 is 9.88 Å². The number of nitrogens with one attached hydrogen (secondary N) is 1. The van der Waals surface area contributed by atoms with Gasteiger partial charge in [0.25, 0.3) is 5.91 Å². The lowest BCUT2D eigenvalue weighted by molar-refractivity contribution is 0.0711. The van der Waals surface area contributed by atoms with Crippen LogP contribution in [0, 0.1) is 19.7 Å². The molecule has 1 aliphatic heterocycles. The van der Waals surface area contributed by atoms with Crippen LogP contribution in [0.25, 0.3) is 16.6 Å². The van der Waals surface area contributed by atoms with Gasteiger partial charge in [-0.1, -0.05) is 0 Å². The van der Waals surface area contributed by atoms with E-state index >= 15 is 0 Å². The summed E-state index contributed by atoms with van der Waals surface area (Å²) in [7, 11) is 0. The maximum atomic E-state index is 13.4. The second-order valence-corrected chi connectivity index (χ2v) is 7.81. The number of benzene rings is 1. The highest BCUT2D eigenvalue weighted by Crippen LogP contribution is 2.33. The van der Waals surface area contributed by atoms with Gasteiger partial charge in [0.15, 0.2) is 5.65 Å². The molecule has 5 rings (SSSR count). The number of hydrogen-bond donors (Lipinski definition) is 1. The van der Waals surface area contributed by atoms with Gasteiger partial charge in [-0.2, -0.15) is 5.10 Å². The number of carbonyl (C=O) groups is 1. The van der Waals surface area contributed by atoms with E-state index in [2.05, 4.69) is 15.1 Å². The number of aromatic nitrogens is 4. The predicted octanol–water partition coefficient (Wildman–Crippen LogP) is 3.99. The molecule has 0 saturated carbocycles. The summed E-state index contributed by atoms with van der Waals surface area (Å²) in [6.07, 6.45) is 5.40. The van der Waals surface area contributed by atoms with Gasteiger partial charge >= 0.3 is 0 Å². The quantitative estimate of drug-likeness (QED) is 0.562. The Labute approximate surface area is 167 Å². The molecule has 4 heterocycles. The summed E-state index contributed by atoms with van der Waals surface area (Å²) in [4.78, 5) is 22.6. The predicted molar refractivity (Wildman–Crippen MR) is 109 cm³/mol. The summed E-state index contributed by atoms with van der Waals surface area (Å²) < 4.78 is 15.2. The molecule has 1 aromatic carbocycles. The van der Waals surface area contributed by atoms with Gasteiger partial charge in [-0.05, 0) is 56.4 Å². The summed E-state index contributed by atoms with van der Waals surface area (Å²) in [5, 5.41) is 5.50. The number of halogens is 1. The molecule has 1 fully saturated rings. The number of H-pyrrole nitrogens is 1. The van der Waals surface area contributed by atoms with Crippen LogP contribution in [0.4, 0.5) is 4.39 Å². The Kier molecular flexibility index (Phi) is 4.12. The van der Waals surface area contributed by atoms with Crippen LogP contribution in [0.3, 0.4) is 0 Å². The number of rotatable bonds is 2. The van der Waals surface area contributed by atoms with Crippen LogP contribution >= 0.6 is 0 Å². The van der Waals surface area contributed by atoms with E-state index in [1.807, 2.05) is 37.1 Å². The van der Waals surface area contributed by atoms with Gasteiger partial charge in [0.1, 0.15) is 5.82 Å². The fourth-order valence-corrected chi connectivity index (χ4v) is 4.40. The molecule has 0 unspecified atom stereocenters. The molecule has 0 radical (unpaired) electrons. The Morgan fingerprint density at radius 2 is 2.00 bits per heavy atom. The van der Waals surface area contributed by atoms with Crippen molar-refractivity contribution in [3.05, 3.63) is 65.0 Å². The first kappa shape index (κ1) is 17.8.